The summed E-state index contributed by atoms with van der Waals surface area (Å²) < 4.78 is 14.5. The van der Waals surface area contributed by atoms with Gasteiger partial charge in [-0.1, -0.05) is 23.9 Å². The topological polar surface area (TPSA) is 54.9 Å². The molecule has 1 amide bonds. The molecule has 0 spiro atoms. The molecule has 2 heterocycles. The van der Waals surface area contributed by atoms with E-state index in [1.165, 1.54) is 40.5 Å². The summed E-state index contributed by atoms with van der Waals surface area (Å²) in [6.07, 6.45) is 4.02. The molecule has 8 heteroatoms. The Morgan fingerprint density at radius 2 is 2.25 bits per heavy atom. The van der Waals surface area contributed by atoms with Gasteiger partial charge in [-0.3, -0.25) is 4.79 Å². The minimum Gasteiger partial charge on any atom is -0.301 e. The number of carbonyl (C=O) groups is 1. The number of anilines is 1. The number of hydrogen-bond acceptors (Lipinski definition) is 6. The van der Waals surface area contributed by atoms with Crippen LogP contribution >= 0.6 is 34.4 Å². The lowest BCUT2D eigenvalue weighted by Crippen LogP contribution is -2.13. The van der Waals surface area contributed by atoms with Gasteiger partial charge in [-0.25, -0.2) is 14.4 Å². The highest BCUT2D eigenvalue weighted by molar-refractivity contribution is 8.01. The number of rotatable bonds is 6. The van der Waals surface area contributed by atoms with Crippen LogP contribution in [0.5, 0.6) is 0 Å². The molecule has 124 valence electrons. The quantitative estimate of drug-likeness (QED) is 0.646. The molecule has 0 aliphatic carbocycles. The van der Waals surface area contributed by atoms with Crippen molar-refractivity contribution in [3.8, 4) is 0 Å². The number of thiazole rings is 2. The van der Waals surface area contributed by atoms with Crippen LogP contribution < -0.4 is 5.32 Å². The fraction of sp³-hybridized carbons (Fsp3) is 0.188. The predicted molar refractivity (Wildman–Crippen MR) is 97.5 cm³/mol. The smallest absolute Gasteiger partial charge is 0.236 e. The molecule has 0 saturated carbocycles. The molecule has 0 atom stereocenters. The molecule has 4 nitrogen and oxygen atoms in total. The highest BCUT2D eigenvalue weighted by Gasteiger charge is 2.09. The van der Waals surface area contributed by atoms with E-state index in [0.717, 1.165) is 14.8 Å². The maximum absolute atomic E-state index is 13.6. The summed E-state index contributed by atoms with van der Waals surface area (Å²) >= 11 is 4.31. The second-order valence-electron chi connectivity index (χ2n) is 5.03. The van der Waals surface area contributed by atoms with Gasteiger partial charge in [0, 0.05) is 29.1 Å². The fourth-order valence-corrected chi connectivity index (χ4v) is 4.26. The van der Waals surface area contributed by atoms with Crippen molar-refractivity contribution in [1.29, 1.82) is 0 Å². The summed E-state index contributed by atoms with van der Waals surface area (Å²) in [5.74, 6) is -0.0202. The second kappa shape index (κ2) is 7.87. The Hall–Kier alpha value is -1.77. The van der Waals surface area contributed by atoms with E-state index in [0.29, 0.717) is 22.9 Å². The molecule has 1 N–H and O–H groups in total. The molecule has 2 aromatic heterocycles. The lowest BCUT2D eigenvalue weighted by molar-refractivity contribution is -0.113. The Kier molecular flexibility index (Phi) is 5.60. The molecule has 0 fully saturated rings. The van der Waals surface area contributed by atoms with Crippen LogP contribution in [0.15, 0.2) is 40.3 Å². The van der Waals surface area contributed by atoms with Crippen LogP contribution in [0.3, 0.4) is 0 Å². The van der Waals surface area contributed by atoms with E-state index in [2.05, 4.69) is 15.3 Å². The van der Waals surface area contributed by atoms with E-state index in [4.69, 9.17) is 0 Å². The highest BCUT2D eigenvalue weighted by atomic mass is 32.2. The van der Waals surface area contributed by atoms with Crippen LogP contribution in [-0.4, -0.2) is 21.6 Å². The van der Waals surface area contributed by atoms with E-state index in [1.54, 1.807) is 25.4 Å². The summed E-state index contributed by atoms with van der Waals surface area (Å²) in [5, 5.41) is 5.22. The zero-order chi connectivity index (χ0) is 16.9. The third-order valence-electron chi connectivity index (χ3n) is 3.15. The molecule has 0 aliphatic rings. The molecule has 0 unspecified atom stereocenters. The van der Waals surface area contributed by atoms with Crippen LogP contribution in [0.25, 0.3) is 0 Å². The number of hydrogen-bond donors (Lipinski definition) is 1. The van der Waals surface area contributed by atoms with Gasteiger partial charge in [0.1, 0.15) is 10.2 Å². The second-order valence-corrected chi connectivity index (χ2v) is 8.26. The van der Waals surface area contributed by atoms with Gasteiger partial charge in [0.05, 0.1) is 5.75 Å². The van der Waals surface area contributed by atoms with Crippen molar-refractivity contribution < 1.29 is 9.18 Å². The van der Waals surface area contributed by atoms with Gasteiger partial charge in [-0.15, -0.1) is 22.7 Å². The number of halogens is 1. The first-order valence-corrected chi connectivity index (χ1v) is 9.80. The predicted octanol–water partition coefficient (Wildman–Crippen LogP) is 4.37. The van der Waals surface area contributed by atoms with Crippen molar-refractivity contribution >= 4 is 45.5 Å². The van der Waals surface area contributed by atoms with Crippen LogP contribution in [0.1, 0.15) is 16.0 Å². The number of amides is 1. The van der Waals surface area contributed by atoms with Crippen LogP contribution in [0.4, 0.5) is 9.52 Å². The third kappa shape index (κ3) is 4.62. The number of nitrogens with zero attached hydrogens (tertiary/aromatic N) is 2. The summed E-state index contributed by atoms with van der Waals surface area (Å²) in [7, 11) is 0. The Balaban J connectivity index is 1.54. The Morgan fingerprint density at radius 3 is 3.00 bits per heavy atom. The lowest BCUT2D eigenvalue weighted by atomic mass is 10.1. The summed E-state index contributed by atoms with van der Waals surface area (Å²) in [4.78, 5) is 21.2. The van der Waals surface area contributed by atoms with E-state index in [-0.39, 0.29) is 11.7 Å². The average molecular weight is 380 g/mol. The highest BCUT2D eigenvalue weighted by Crippen LogP contribution is 2.23. The summed E-state index contributed by atoms with van der Waals surface area (Å²) in [6, 6.07) is 5.21. The van der Waals surface area contributed by atoms with Gasteiger partial charge in [0.25, 0.3) is 0 Å². The molecular weight excluding hydrogens is 365 g/mol. The van der Waals surface area contributed by atoms with Gasteiger partial charge < -0.3 is 5.32 Å². The molecular formula is C16H14FN3OS3. The zero-order valence-corrected chi connectivity index (χ0v) is 15.2. The molecule has 3 rings (SSSR count). The summed E-state index contributed by atoms with van der Waals surface area (Å²) in [5.41, 5.74) is 1.52. The van der Waals surface area contributed by atoms with Gasteiger partial charge in [-0.05, 0) is 24.1 Å². The molecule has 0 radical (unpaired) electrons. The van der Waals surface area contributed by atoms with E-state index >= 15 is 0 Å². The minimum atomic E-state index is -0.204. The van der Waals surface area contributed by atoms with Gasteiger partial charge in [0.15, 0.2) is 5.13 Å². The number of benzene rings is 1. The molecule has 0 bridgehead atoms. The number of aromatic nitrogens is 2. The van der Waals surface area contributed by atoms with Crippen molar-refractivity contribution in [2.45, 2.75) is 17.7 Å². The van der Waals surface area contributed by atoms with Gasteiger partial charge >= 0.3 is 0 Å². The van der Waals surface area contributed by atoms with Crippen LogP contribution in [0.2, 0.25) is 0 Å². The largest absolute Gasteiger partial charge is 0.301 e. The Labute approximate surface area is 151 Å². The van der Waals surface area contributed by atoms with Crippen molar-refractivity contribution in [2.24, 2.45) is 0 Å². The Morgan fingerprint density at radius 1 is 1.38 bits per heavy atom. The van der Waals surface area contributed by atoms with E-state index in [1.807, 2.05) is 11.4 Å². The van der Waals surface area contributed by atoms with Crippen molar-refractivity contribution in [2.75, 3.05) is 11.1 Å². The van der Waals surface area contributed by atoms with Crippen LogP contribution in [-0.2, 0) is 11.2 Å². The molecule has 0 aliphatic heterocycles. The van der Waals surface area contributed by atoms with Crippen molar-refractivity contribution in [3.05, 3.63) is 57.8 Å². The monoisotopic (exact) mass is 379 g/mol. The lowest BCUT2D eigenvalue weighted by Gasteiger charge is -2.01. The maximum Gasteiger partial charge on any atom is 0.236 e. The fourth-order valence-electron chi connectivity index (χ4n) is 1.96. The SMILES string of the molecule is Cc1ccc(Cc2cnc(NC(=O)CSc3nccs3)s2)cc1F. The molecule has 3 aromatic rings. The van der Waals surface area contributed by atoms with Crippen molar-refractivity contribution in [1.82, 2.24) is 9.97 Å². The van der Waals surface area contributed by atoms with Crippen molar-refractivity contribution in [3.63, 3.8) is 0 Å². The third-order valence-corrected chi connectivity index (χ3v) is 6.03. The number of nitrogens with one attached hydrogen (secondary N) is 1. The average Bonchev–Trinajstić information content (AvgIpc) is 3.21. The van der Waals surface area contributed by atoms with Gasteiger partial charge in [0.2, 0.25) is 5.91 Å². The van der Waals surface area contributed by atoms with Crippen LogP contribution in [0, 0.1) is 12.7 Å². The van der Waals surface area contributed by atoms with E-state index in [9.17, 15) is 9.18 Å². The van der Waals surface area contributed by atoms with Gasteiger partial charge in [-0.2, -0.15) is 0 Å². The number of thioether (sulfide) groups is 1. The first-order chi connectivity index (χ1) is 11.6. The first-order valence-electron chi connectivity index (χ1n) is 7.12. The number of aryl methyl sites for hydroxylation is 1. The molecule has 0 saturated heterocycles. The standard InChI is InChI=1S/C16H14FN3OS3/c1-10-2-3-11(7-13(10)17)6-12-8-19-15(24-12)20-14(21)9-23-16-18-4-5-22-16/h2-5,7-8H,6,9H2,1H3,(H,19,20,21). The maximum atomic E-state index is 13.6. The first kappa shape index (κ1) is 17.1. The minimum absolute atomic E-state index is 0.113. The summed E-state index contributed by atoms with van der Waals surface area (Å²) in [6.45, 7) is 1.74. The zero-order valence-electron chi connectivity index (χ0n) is 12.8. The number of carbonyl (C=O) groups excluding carboxylic acids is 1. The normalized spacial score (nSPS) is 10.8. The molecule has 1 aromatic carbocycles. The van der Waals surface area contributed by atoms with E-state index < -0.39 is 0 Å². The Bertz CT molecular complexity index is 833. The molecule has 24 heavy (non-hydrogen) atoms.